The molecule has 1 amide bonds. The quantitative estimate of drug-likeness (QED) is 0.517. The van der Waals surface area contributed by atoms with Crippen molar-refractivity contribution in [3.63, 3.8) is 0 Å². The highest BCUT2D eigenvalue weighted by Gasteiger charge is 2.13. The summed E-state index contributed by atoms with van der Waals surface area (Å²) in [6.45, 7) is 0. The molecular weight excluding hydrogens is 344 g/mol. The van der Waals surface area contributed by atoms with Gasteiger partial charge in [-0.15, -0.1) is 0 Å². The van der Waals surface area contributed by atoms with Gasteiger partial charge in [-0.3, -0.25) is 4.79 Å². The number of carboxylic acid groups (broad SMARTS) is 1. The van der Waals surface area contributed by atoms with Crippen LogP contribution in [0.2, 0.25) is 0 Å². The van der Waals surface area contributed by atoms with Gasteiger partial charge in [0.15, 0.2) is 5.65 Å². The molecular formula is C20H14N4O3. The fourth-order valence-electron chi connectivity index (χ4n) is 2.89. The predicted molar refractivity (Wildman–Crippen MR) is 100 cm³/mol. The Kier molecular flexibility index (Phi) is 3.89. The molecule has 0 aliphatic heterocycles. The fourth-order valence-corrected chi connectivity index (χ4v) is 2.89. The number of aromatic amines is 1. The lowest BCUT2D eigenvalue weighted by molar-refractivity contribution is 0.0696. The van der Waals surface area contributed by atoms with Gasteiger partial charge < -0.3 is 15.8 Å². The Labute approximate surface area is 153 Å². The lowest BCUT2D eigenvalue weighted by Gasteiger charge is -2.03. The molecule has 0 bridgehead atoms. The van der Waals surface area contributed by atoms with Crippen molar-refractivity contribution in [3.8, 4) is 22.5 Å². The van der Waals surface area contributed by atoms with Crippen LogP contribution >= 0.6 is 0 Å². The largest absolute Gasteiger partial charge is 0.478 e. The van der Waals surface area contributed by atoms with E-state index in [1.54, 1.807) is 48.7 Å². The number of hydrogen-bond acceptors (Lipinski definition) is 4. The summed E-state index contributed by atoms with van der Waals surface area (Å²) in [7, 11) is 0. The molecule has 0 saturated carbocycles. The van der Waals surface area contributed by atoms with Crippen LogP contribution in [0.1, 0.15) is 20.7 Å². The molecule has 7 nitrogen and oxygen atoms in total. The van der Waals surface area contributed by atoms with Gasteiger partial charge in [-0.2, -0.15) is 0 Å². The van der Waals surface area contributed by atoms with Crippen LogP contribution in [-0.4, -0.2) is 31.9 Å². The topological polar surface area (TPSA) is 122 Å². The molecule has 27 heavy (non-hydrogen) atoms. The zero-order chi connectivity index (χ0) is 19.0. The first-order chi connectivity index (χ1) is 13.0. The number of hydrogen-bond donors (Lipinski definition) is 3. The van der Waals surface area contributed by atoms with Crippen LogP contribution in [0.5, 0.6) is 0 Å². The molecule has 2 heterocycles. The predicted octanol–water partition coefficient (Wildman–Crippen LogP) is 3.09. The molecule has 4 N–H and O–H groups in total. The molecule has 0 aliphatic rings. The van der Waals surface area contributed by atoms with Crippen LogP contribution < -0.4 is 5.73 Å². The second kappa shape index (κ2) is 6.38. The molecule has 0 unspecified atom stereocenters. The molecule has 2 aromatic heterocycles. The van der Waals surface area contributed by atoms with E-state index in [0.29, 0.717) is 28.1 Å². The number of nitrogens with zero attached hydrogens (tertiary/aromatic N) is 2. The second-order valence-corrected chi connectivity index (χ2v) is 5.97. The third-order valence-corrected chi connectivity index (χ3v) is 4.25. The molecule has 0 aliphatic carbocycles. The van der Waals surface area contributed by atoms with E-state index in [1.807, 2.05) is 6.07 Å². The first-order valence-electron chi connectivity index (χ1n) is 8.11. The Morgan fingerprint density at radius 2 is 1.74 bits per heavy atom. The van der Waals surface area contributed by atoms with Crippen LogP contribution in [0.25, 0.3) is 33.7 Å². The summed E-state index contributed by atoms with van der Waals surface area (Å²) >= 11 is 0. The molecule has 0 fully saturated rings. The minimum Gasteiger partial charge on any atom is -0.478 e. The van der Waals surface area contributed by atoms with E-state index < -0.39 is 11.9 Å². The smallest absolute Gasteiger partial charge is 0.335 e. The van der Waals surface area contributed by atoms with Crippen molar-refractivity contribution < 1.29 is 14.7 Å². The molecule has 0 radical (unpaired) electrons. The Balaban J connectivity index is 1.82. The van der Waals surface area contributed by atoms with Crippen molar-refractivity contribution in [1.29, 1.82) is 0 Å². The Morgan fingerprint density at radius 1 is 0.963 bits per heavy atom. The number of benzene rings is 2. The monoisotopic (exact) mass is 358 g/mol. The van der Waals surface area contributed by atoms with E-state index in [1.165, 1.54) is 6.07 Å². The fraction of sp³-hybridized carbons (Fsp3) is 0. The summed E-state index contributed by atoms with van der Waals surface area (Å²) in [5.41, 5.74) is 9.50. The van der Waals surface area contributed by atoms with Crippen LogP contribution in [0.15, 0.2) is 60.8 Å². The molecule has 0 spiro atoms. The third kappa shape index (κ3) is 3.02. The number of primary amides is 1. The molecule has 4 rings (SSSR count). The number of fused-ring (bicyclic) bond motifs is 1. The summed E-state index contributed by atoms with van der Waals surface area (Å²) < 4.78 is 0. The Morgan fingerprint density at radius 3 is 2.44 bits per heavy atom. The van der Waals surface area contributed by atoms with E-state index in [4.69, 9.17) is 5.73 Å². The van der Waals surface area contributed by atoms with Gasteiger partial charge in [0.2, 0.25) is 5.91 Å². The van der Waals surface area contributed by atoms with Crippen LogP contribution in [0, 0.1) is 0 Å². The highest BCUT2D eigenvalue weighted by atomic mass is 16.4. The Bertz CT molecular complexity index is 1180. The van der Waals surface area contributed by atoms with Gasteiger partial charge in [-0.05, 0) is 35.9 Å². The number of amides is 1. The number of nitrogens with two attached hydrogens (primary N) is 1. The molecule has 0 atom stereocenters. The zero-order valence-electron chi connectivity index (χ0n) is 14.0. The average molecular weight is 358 g/mol. The van der Waals surface area contributed by atoms with Crippen molar-refractivity contribution in [2.75, 3.05) is 0 Å². The number of nitrogens with one attached hydrogen (secondary N) is 1. The maximum absolute atomic E-state index is 11.2. The lowest BCUT2D eigenvalue weighted by atomic mass is 10.0. The van der Waals surface area contributed by atoms with Crippen LogP contribution in [0.3, 0.4) is 0 Å². The van der Waals surface area contributed by atoms with E-state index in [-0.39, 0.29) is 5.56 Å². The summed E-state index contributed by atoms with van der Waals surface area (Å²) in [6.07, 6.45) is 1.66. The third-order valence-electron chi connectivity index (χ3n) is 4.25. The number of rotatable bonds is 4. The van der Waals surface area contributed by atoms with E-state index in [0.717, 1.165) is 11.1 Å². The van der Waals surface area contributed by atoms with E-state index in [9.17, 15) is 14.7 Å². The summed E-state index contributed by atoms with van der Waals surface area (Å²) in [6, 6.07) is 15.3. The molecule has 2 aromatic carbocycles. The summed E-state index contributed by atoms with van der Waals surface area (Å²) in [5, 5.41) is 9.17. The number of carbonyl (C=O) groups is 2. The first kappa shape index (κ1) is 16.5. The maximum Gasteiger partial charge on any atom is 0.335 e. The number of aromatic nitrogens is 3. The minimum absolute atomic E-state index is 0.183. The number of H-pyrrole nitrogens is 1. The number of carbonyl (C=O) groups excluding carboxylic acids is 1. The van der Waals surface area contributed by atoms with Crippen LogP contribution in [-0.2, 0) is 0 Å². The molecule has 0 saturated heterocycles. The van der Waals surface area contributed by atoms with Crippen molar-refractivity contribution in [1.82, 2.24) is 15.0 Å². The average Bonchev–Trinajstić information content (AvgIpc) is 3.12. The molecule has 4 aromatic rings. The van der Waals surface area contributed by atoms with Crippen molar-refractivity contribution in [2.45, 2.75) is 0 Å². The second-order valence-electron chi connectivity index (χ2n) is 5.97. The number of pyridine rings is 1. The van der Waals surface area contributed by atoms with Gasteiger partial charge in [0.25, 0.3) is 0 Å². The van der Waals surface area contributed by atoms with E-state index >= 15 is 0 Å². The molecule has 132 valence electrons. The summed E-state index contributed by atoms with van der Waals surface area (Å²) in [5.74, 6) is -0.954. The maximum atomic E-state index is 11.2. The Hall–Kier alpha value is -4.00. The number of aromatic carboxylic acids is 1. The standard InChI is InChI=1S/C20H14N4O3/c21-17(25)12-6-4-11(5-7-12)15-8-9-22-19-16(15)23-18(24-19)13-2-1-3-14(10-13)20(26)27/h1-10H,(H2,21,25)(H,26,27)(H,22,23,24). The van der Waals surface area contributed by atoms with Gasteiger partial charge in [0.05, 0.1) is 5.56 Å². The van der Waals surface area contributed by atoms with Gasteiger partial charge in [-0.25, -0.2) is 14.8 Å². The van der Waals surface area contributed by atoms with E-state index in [2.05, 4.69) is 15.0 Å². The van der Waals surface area contributed by atoms with Crippen molar-refractivity contribution in [2.24, 2.45) is 5.73 Å². The number of carboxylic acids is 1. The zero-order valence-corrected chi connectivity index (χ0v) is 14.0. The normalized spacial score (nSPS) is 10.8. The van der Waals surface area contributed by atoms with Gasteiger partial charge in [0, 0.05) is 22.9 Å². The molecule has 7 heteroatoms. The lowest BCUT2D eigenvalue weighted by Crippen LogP contribution is -2.10. The summed E-state index contributed by atoms with van der Waals surface area (Å²) in [4.78, 5) is 34.5. The van der Waals surface area contributed by atoms with Gasteiger partial charge in [0.1, 0.15) is 11.3 Å². The van der Waals surface area contributed by atoms with Gasteiger partial charge in [-0.1, -0.05) is 24.3 Å². The van der Waals surface area contributed by atoms with Gasteiger partial charge >= 0.3 is 5.97 Å². The van der Waals surface area contributed by atoms with Crippen LogP contribution in [0.4, 0.5) is 0 Å². The highest BCUT2D eigenvalue weighted by molar-refractivity contribution is 5.95. The minimum atomic E-state index is -0.999. The SMILES string of the molecule is NC(=O)c1ccc(-c2ccnc3[nH]c(-c4cccc(C(=O)O)c4)nc23)cc1. The highest BCUT2D eigenvalue weighted by Crippen LogP contribution is 2.29. The van der Waals surface area contributed by atoms with Crippen molar-refractivity contribution in [3.05, 3.63) is 71.9 Å². The number of imidazole rings is 1. The first-order valence-corrected chi connectivity index (χ1v) is 8.11. The van der Waals surface area contributed by atoms with Crippen molar-refractivity contribution >= 4 is 23.0 Å².